The van der Waals surface area contributed by atoms with Gasteiger partial charge in [-0.15, -0.1) is 0 Å². The van der Waals surface area contributed by atoms with E-state index in [1.54, 1.807) is 0 Å². The maximum absolute atomic E-state index is 13.9. The van der Waals surface area contributed by atoms with Crippen molar-refractivity contribution >= 4 is 12.4 Å². The molecule has 0 N–H and O–H groups in total. The minimum atomic E-state index is -2.30. The van der Waals surface area contributed by atoms with Gasteiger partial charge in [0.15, 0.2) is 0 Å². The van der Waals surface area contributed by atoms with Gasteiger partial charge in [-0.1, -0.05) is 67.5 Å². The van der Waals surface area contributed by atoms with E-state index in [0.29, 0.717) is 17.8 Å². The molecule has 0 spiro atoms. The predicted molar refractivity (Wildman–Crippen MR) is 106 cm³/mol. The topological polar surface area (TPSA) is 17.1 Å². The molecule has 0 heterocycles. The van der Waals surface area contributed by atoms with E-state index in [-0.39, 0.29) is 0 Å². The summed E-state index contributed by atoms with van der Waals surface area (Å²) < 4.78 is 13.9. The molecule has 1 nitrogen and oxygen atoms in total. The summed E-state index contributed by atoms with van der Waals surface area (Å²) >= 11 is 0. The van der Waals surface area contributed by atoms with Crippen molar-refractivity contribution in [1.29, 1.82) is 0 Å². The van der Waals surface area contributed by atoms with Crippen LogP contribution >= 0.6 is 7.14 Å². The largest absolute Gasteiger partial charge is 0.319 e. The minimum Gasteiger partial charge on any atom is -0.319 e. The smallest absolute Gasteiger partial charge is 0.116 e. The monoisotopic (exact) mass is 336 g/mol. The van der Waals surface area contributed by atoms with Gasteiger partial charge in [-0.05, 0) is 47.3 Å². The molecule has 0 bridgehead atoms. The molecule has 0 saturated heterocycles. The lowest BCUT2D eigenvalue weighted by atomic mass is 9.89. The Bertz CT molecular complexity index is 516. The highest BCUT2D eigenvalue weighted by molar-refractivity contribution is 7.71. The Morgan fingerprint density at radius 1 is 0.783 bits per heavy atom. The van der Waals surface area contributed by atoms with Crippen LogP contribution < -0.4 is 5.30 Å². The van der Waals surface area contributed by atoms with Crippen LogP contribution in [0.25, 0.3) is 0 Å². The number of rotatable bonds is 8. The van der Waals surface area contributed by atoms with Crippen LogP contribution in [0.2, 0.25) is 0 Å². The molecule has 23 heavy (non-hydrogen) atoms. The summed E-state index contributed by atoms with van der Waals surface area (Å²) in [5, 5.41) is 1.23. The molecule has 2 heteroatoms. The maximum atomic E-state index is 13.9. The van der Waals surface area contributed by atoms with E-state index in [2.05, 4.69) is 67.5 Å². The van der Waals surface area contributed by atoms with Gasteiger partial charge in [0.1, 0.15) is 7.14 Å². The fraction of sp³-hybridized carbons (Fsp3) is 0.714. The lowest BCUT2D eigenvalue weighted by Crippen LogP contribution is -2.23. The lowest BCUT2D eigenvalue weighted by molar-refractivity contribution is 0.578. The lowest BCUT2D eigenvalue weighted by Gasteiger charge is -2.29. The summed E-state index contributed by atoms with van der Waals surface area (Å²) in [5.41, 5.74) is 4.07. The van der Waals surface area contributed by atoms with E-state index < -0.39 is 7.14 Å². The van der Waals surface area contributed by atoms with E-state index >= 15 is 0 Å². The van der Waals surface area contributed by atoms with Crippen LogP contribution in [-0.2, 0) is 4.57 Å². The quantitative estimate of drug-likeness (QED) is 0.474. The Morgan fingerprint density at radius 3 is 1.43 bits per heavy atom. The molecule has 1 rings (SSSR count). The summed E-state index contributed by atoms with van der Waals surface area (Å²) in [4.78, 5) is 0. The normalized spacial score (nSPS) is 12.7. The molecular weight excluding hydrogens is 299 g/mol. The van der Waals surface area contributed by atoms with Gasteiger partial charge in [0, 0.05) is 17.6 Å². The molecule has 0 aliphatic rings. The first-order valence-electron chi connectivity index (χ1n) is 9.44. The van der Waals surface area contributed by atoms with Gasteiger partial charge >= 0.3 is 0 Å². The molecule has 0 aliphatic heterocycles. The first kappa shape index (κ1) is 20.5. The Morgan fingerprint density at radius 2 is 1.17 bits per heavy atom. The Hall–Kier alpha value is -0.550. The highest BCUT2D eigenvalue weighted by atomic mass is 31.2. The molecule has 0 aliphatic carbocycles. The van der Waals surface area contributed by atoms with Crippen molar-refractivity contribution < 1.29 is 4.57 Å². The zero-order valence-electron chi connectivity index (χ0n) is 16.6. The fourth-order valence-electron chi connectivity index (χ4n) is 3.45. The molecule has 1 aromatic carbocycles. The SMILES string of the molecule is CCCP(=O)(CCC)c1c(C(C)C)cc(C(C)C)cc1C(C)C. The third-order valence-corrected chi connectivity index (χ3v) is 8.35. The van der Waals surface area contributed by atoms with Crippen LogP contribution in [0.1, 0.15) is 103 Å². The first-order valence-corrected chi connectivity index (χ1v) is 11.5. The van der Waals surface area contributed by atoms with Gasteiger partial charge in [-0.25, -0.2) is 0 Å². The van der Waals surface area contributed by atoms with Crippen molar-refractivity contribution in [2.24, 2.45) is 0 Å². The predicted octanol–water partition coefficient (Wildman–Crippen LogP) is 6.87. The summed E-state index contributed by atoms with van der Waals surface area (Å²) in [5.74, 6) is 1.35. The van der Waals surface area contributed by atoms with Crippen molar-refractivity contribution in [3.05, 3.63) is 28.8 Å². The Labute approximate surface area is 144 Å². The summed E-state index contributed by atoms with van der Waals surface area (Å²) in [6.07, 6.45) is 3.69. The molecule has 0 saturated carbocycles. The fourth-order valence-corrected chi connectivity index (χ4v) is 7.15. The molecule has 0 fully saturated rings. The molecule has 0 amide bonds. The van der Waals surface area contributed by atoms with Gasteiger partial charge in [-0.3, -0.25) is 0 Å². The van der Waals surface area contributed by atoms with Crippen molar-refractivity contribution in [3.8, 4) is 0 Å². The zero-order chi connectivity index (χ0) is 17.8. The molecule has 0 unspecified atom stereocenters. The van der Waals surface area contributed by atoms with Gasteiger partial charge in [0.2, 0.25) is 0 Å². The number of hydrogen-bond acceptors (Lipinski definition) is 1. The summed E-state index contributed by atoms with van der Waals surface area (Å²) in [7, 11) is -2.30. The molecule has 1 aromatic rings. The average molecular weight is 337 g/mol. The van der Waals surface area contributed by atoms with E-state index in [1.807, 2.05) is 0 Å². The second kappa shape index (κ2) is 8.52. The molecule has 132 valence electrons. The third kappa shape index (κ3) is 4.72. The molecule has 0 radical (unpaired) electrons. The van der Waals surface area contributed by atoms with Crippen LogP contribution in [0.5, 0.6) is 0 Å². The van der Waals surface area contributed by atoms with E-state index in [9.17, 15) is 4.57 Å². The summed E-state index contributed by atoms with van der Waals surface area (Å²) in [6.45, 7) is 17.8. The van der Waals surface area contributed by atoms with Crippen LogP contribution in [0.4, 0.5) is 0 Å². The molecule has 0 aromatic heterocycles. The molecular formula is C21H37OP. The van der Waals surface area contributed by atoms with E-state index in [1.165, 1.54) is 22.0 Å². The highest BCUT2D eigenvalue weighted by Gasteiger charge is 2.30. The van der Waals surface area contributed by atoms with Crippen molar-refractivity contribution in [2.75, 3.05) is 12.3 Å². The van der Waals surface area contributed by atoms with Crippen LogP contribution in [0.15, 0.2) is 12.1 Å². The van der Waals surface area contributed by atoms with Crippen molar-refractivity contribution in [1.82, 2.24) is 0 Å². The van der Waals surface area contributed by atoms with Gasteiger partial charge in [-0.2, -0.15) is 0 Å². The Balaban J connectivity index is 3.75. The Kier molecular flexibility index (Phi) is 7.59. The number of hydrogen-bond donors (Lipinski definition) is 0. The second-order valence-corrected chi connectivity index (χ2v) is 11.0. The zero-order valence-corrected chi connectivity index (χ0v) is 17.5. The van der Waals surface area contributed by atoms with Crippen LogP contribution in [-0.4, -0.2) is 12.3 Å². The van der Waals surface area contributed by atoms with Crippen LogP contribution in [0.3, 0.4) is 0 Å². The standard InChI is InChI=1S/C21H37OP/c1-9-11-23(22,12-10-2)21-19(16(5)6)13-18(15(3)4)14-20(21)17(7)8/h13-17H,9-12H2,1-8H3. The van der Waals surface area contributed by atoms with E-state index in [4.69, 9.17) is 0 Å². The van der Waals surface area contributed by atoms with Gasteiger partial charge in [0.05, 0.1) is 0 Å². The number of benzene rings is 1. The maximum Gasteiger partial charge on any atom is 0.116 e. The van der Waals surface area contributed by atoms with E-state index in [0.717, 1.165) is 25.2 Å². The summed E-state index contributed by atoms with van der Waals surface area (Å²) in [6, 6.07) is 4.68. The van der Waals surface area contributed by atoms with Crippen molar-refractivity contribution in [3.63, 3.8) is 0 Å². The third-order valence-electron chi connectivity index (χ3n) is 4.68. The second-order valence-electron chi connectivity index (χ2n) is 7.85. The van der Waals surface area contributed by atoms with Crippen molar-refractivity contribution in [2.45, 2.75) is 86.0 Å². The highest BCUT2D eigenvalue weighted by Crippen LogP contribution is 2.50. The average Bonchev–Trinajstić information content (AvgIpc) is 2.46. The first-order chi connectivity index (χ1) is 10.7. The molecule has 0 atom stereocenters. The minimum absolute atomic E-state index is 0.420. The van der Waals surface area contributed by atoms with Gasteiger partial charge < -0.3 is 4.57 Å². The van der Waals surface area contributed by atoms with Crippen LogP contribution in [0, 0.1) is 0 Å². The van der Waals surface area contributed by atoms with Gasteiger partial charge in [0.25, 0.3) is 0 Å².